The van der Waals surface area contributed by atoms with Crippen molar-refractivity contribution < 1.29 is 115 Å². The van der Waals surface area contributed by atoms with Crippen molar-refractivity contribution in [1.29, 1.82) is 0 Å². The summed E-state index contributed by atoms with van der Waals surface area (Å²) in [6.07, 6.45) is -19.7. The van der Waals surface area contributed by atoms with Crippen LogP contribution in [0.2, 0.25) is 0 Å². The molecule has 4 aliphatic heterocycles. The van der Waals surface area contributed by atoms with E-state index in [0.29, 0.717) is 21.2 Å². The fourth-order valence-electron chi connectivity index (χ4n) is 11.7. The van der Waals surface area contributed by atoms with Crippen molar-refractivity contribution in [2.45, 2.75) is 194 Å². The summed E-state index contributed by atoms with van der Waals surface area (Å²) in [6.45, 7) is 12.9. The molecule has 8 N–H and O–H groups in total. The van der Waals surface area contributed by atoms with Crippen molar-refractivity contribution in [2.75, 3.05) is 54.5 Å². The van der Waals surface area contributed by atoms with E-state index < -0.39 is 149 Å². The lowest BCUT2D eigenvalue weighted by atomic mass is 9.75. The SMILES string of the molecule is CCN[C@H]1CO[C@@H](O[C@H]2[C@H](O[C@H]3C#C/C=C\C#C[C@]4(O)CC(=O)C(NC(=O)OC)=C3/C4=C\CSSC(C)(C)c3ccc(C(F)(F)F)cc3)O[C@H](C)[C@@H](NO[C@H]3C[C@H](O)[C@H](SC(=O)c4c(C)c(I)c(O[C@@H]5O[C@@H](C)[C@H](O)[C@@H](OC)[C@H]5O)c(OC)c4OC)[C@@H](C)O3)[C@@H]2O)C[C@@H]1OC. The number of fused-ring (bicyclic) bond motifs is 2. The molecule has 6 aliphatic rings. The second-order valence-electron chi connectivity index (χ2n) is 23.5. The summed E-state index contributed by atoms with van der Waals surface area (Å²) < 4.78 is 112. The lowest BCUT2D eigenvalue weighted by Crippen LogP contribution is -2.65. The molecule has 0 saturated carbocycles. The molecule has 1 amide bonds. The van der Waals surface area contributed by atoms with Gasteiger partial charge in [-0.3, -0.25) is 19.7 Å². The third kappa shape index (κ3) is 17.7. The van der Waals surface area contributed by atoms with Gasteiger partial charge in [-0.05, 0) is 106 Å². The molecule has 4 fully saturated rings. The van der Waals surface area contributed by atoms with E-state index >= 15 is 0 Å². The van der Waals surface area contributed by atoms with Crippen LogP contribution in [-0.2, 0) is 63.2 Å². The van der Waals surface area contributed by atoms with E-state index in [4.69, 9.17) is 61.7 Å². The van der Waals surface area contributed by atoms with Gasteiger partial charge in [0.1, 0.15) is 36.6 Å². The van der Waals surface area contributed by atoms with Crippen LogP contribution in [0.3, 0.4) is 0 Å². The summed E-state index contributed by atoms with van der Waals surface area (Å²) >= 11 is 2.78. The van der Waals surface area contributed by atoms with Crippen LogP contribution in [0.15, 0.2) is 59.3 Å². The van der Waals surface area contributed by atoms with Crippen LogP contribution < -0.4 is 30.3 Å². The standard InChI is InChI=1S/C64H81F3IN3O21S3/c1-13-69-37-29-85-42(27-41(37)80-8)90-55-50(75)47(71-92-43-26-38(72)57(33(5)86-43)94-58(77)44-30(2)46(68)53(56(83-11)52(44)81-9)91-59-51(76)54(82-10)49(74)32(4)88-59)31(3)87-60(55)89-40-18-16-14-15-17-24-63(79)28-39(73)48(70-61(78)84-12)45(40)36(63)23-25-93-95-62(6,7)34-19-21-35(22-20-34)64(65,66)67/h14-15,19-23,31-33,37-38,40-43,47,49-51,54-55,57,59-60,69,71-72,74-76,79H,13,25-29H2,1-12H3,(H,70,78)/b15-14-,36-23+/t31-,32+,33-,37+,38+,40+,41+,42+,43+,47-,49+,50+,51-,54-,55-,57-,59+,60+,63+/m1/s1. The Hall–Kier alpha value is -4.28. The number of allylic oxidation sites excluding steroid dienone is 3. The van der Waals surface area contributed by atoms with Crippen LogP contribution in [0.4, 0.5) is 18.0 Å². The summed E-state index contributed by atoms with van der Waals surface area (Å²) in [5.41, 5.74) is 0.521. The van der Waals surface area contributed by atoms with Crippen molar-refractivity contribution in [3.63, 3.8) is 0 Å². The summed E-state index contributed by atoms with van der Waals surface area (Å²) in [5, 5.41) is 63.1. The number of hydrogen-bond acceptors (Lipinski definition) is 26. The van der Waals surface area contributed by atoms with E-state index in [1.54, 1.807) is 40.9 Å². The number of aliphatic hydroxyl groups excluding tert-OH is 4. The molecule has 8 rings (SSSR count). The van der Waals surface area contributed by atoms with Gasteiger partial charge in [-0.2, -0.15) is 18.7 Å². The van der Waals surface area contributed by atoms with Gasteiger partial charge in [-0.1, -0.05) is 82.2 Å². The number of methoxy groups -OCH3 is 5. The number of ether oxygens (including phenoxy) is 12. The van der Waals surface area contributed by atoms with Gasteiger partial charge in [0.2, 0.25) is 17.2 Å². The maximum atomic E-state index is 14.5. The van der Waals surface area contributed by atoms with Crippen molar-refractivity contribution in [3.8, 4) is 40.9 Å². The molecule has 4 saturated heterocycles. The number of halogens is 4. The number of rotatable bonds is 23. The third-order valence-corrected chi connectivity index (χ3v) is 22.6. The van der Waals surface area contributed by atoms with Crippen molar-refractivity contribution in [3.05, 3.63) is 85.2 Å². The minimum Gasteiger partial charge on any atom is -0.492 e. The van der Waals surface area contributed by atoms with Gasteiger partial charge >= 0.3 is 12.3 Å². The smallest absolute Gasteiger partial charge is 0.416 e. The molecule has 2 aromatic rings. The van der Waals surface area contributed by atoms with E-state index in [9.17, 15) is 53.1 Å². The minimum atomic E-state index is -4.52. The molecule has 4 heterocycles. The molecular weight excluding hydrogens is 1430 g/mol. The number of amides is 1. The zero-order valence-electron chi connectivity index (χ0n) is 54.2. The molecule has 2 aromatic carbocycles. The number of hydroxylamine groups is 1. The number of alkyl halides is 3. The number of ketones is 1. The van der Waals surface area contributed by atoms with E-state index in [1.165, 1.54) is 67.2 Å². The molecule has 31 heteroatoms. The molecule has 95 heavy (non-hydrogen) atoms. The first-order valence-electron chi connectivity index (χ1n) is 30.4. The van der Waals surface area contributed by atoms with Crippen LogP contribution in [-0.4, -0.2) is 212 Å². The second-order valence-corrected chi connectivity index (χ2v) is 28.7. The van der Waals surface area contributed by atoms with Crippen LogP contribution in [0.5, 0.6) is 17.2 Å². The first-order valence-corrected chi connectivity index (χ1v) is 34.7. The Kier molecular flexibility index (Phi) is 26.8. The number of nitrogens with one attached hydrogen (secondary N) is 3. The Bertz CT molecular complexity index is 3280. The Morgan fingerprint density at radius 2 is 1.53 bits per heavy atom. The summed E-state index contributed by atoms with van der Waals surface area (Å²) in [4.78, 5) is 48.1. The predicted molar refractivity (Wildman–Crippen MR) is 351 cm³/mol. The highest BCUT2D eigenvalue weighted by Crippen LogP contribution is 2.50. The predicted octanol–water partition coefficient (Wildman–Crippen LogP) is 5.87. The molecule has 2 aliphatic carbocycles. The second kappa shape index (κ2) is 33.3. The maximum absolute atomic E-state index is 14.5. The number of alkyl carbamates (subject to hydrolysis) is 1. The molecule has 524 valence electrons. The average Bonchev–Trinajstić information content (AvgIpc) is 0.792. The zero-order chi connectivity index (χ0) is 69.4. The highest BCUT2D eigenvalue weighted by atomic mass is 127. The van der Waals surface area contributed by atoms with E-state index in [1.807, 2.05) is 43.4 Å². The Labute approximate surface area is 574 Å². The number of thioether (sulfide) groups is 1. The number of likely N-dealkylation sites (N-methyl/N-ethyl adjacent to an activating group) is 1. The van der Waals surface area contributed by atoms with Crippen LogP contribution >= 0.6 is 55.9 Å². The van der Waals surface area contributed by atoms with Crippen molar-refractivity contribution >= 4 is 72.9 Å². The molecule has 0 spiro atoms. The monoisotopic (exact) mass is 1510 g/mol. The number of carbonyl (C=O) groups is 3. The van der Waals surface area contributed by atoms with Gasteiger partial charge < -0.3 is 87.7 Å². The first kappa shape index (κ1) is 76.5. The number of hydrogen-bond donors (Lipinski definition) is 8. The van der Waals surface area contributed by atoms with Gasteiger partial charge in [0.05, 0.1) is 103 Å². The highest BCUT2D eigenvalue weighted by molar-refractivity contribution is 14.1. The number of benzene rings is 2. The minimum absolute atomic E-state index is 0.00303. The average molecular weight is 1510 g/mol. The van der Waals surface area contributed by atoms with Crippen molar-refractivity contribution in [1.82, 2.24) is 16.1 Å². The summed E-state index contributed by atoms with van der Waals surface area (Å²) in [5.74, 6) is 10.8. The zero-order valence-corrected chi connectivity index (χ0v) is 58.8. The van der Waals surface area contributed by atoms with Gasteiger partial charge in [-0.25, -0.2) is 4.79 Å². The Morgan fingerprint density at radius 3 is 2.17 bits per heavy atom. The van der Waals surface area contributed by atoms with Gasteiger partial charge in [0.15, 0.2) is 41.8 Å². The van der Waals surface area contributed by atoms with E-state index in [0.717, 1.165) is 31.0 Å². The largest absolute Gasteiger partial charge is 0.492 e. The molecule has 2 bridgehead atoms. The van der Waals surface area contributed by atoms with Gasteiger partial charge in [0.25, 0.3) is 0 Å². The quantitative estimate of drug-likeness (QED) is 0.0212. The Morgan fingerprint density at radius 1 is 0.842 bits per heavy atom. The van der Waals surface area contributed by atoms with Gasteiger partial charge in [0, 0.05) is 48.7 Å². The molecule has 0 aromatic heterocycles. The molecule has 19 atom stereocenters. The fourth-order valence-corrected chi connectivity index (χ4v) is 15.9. The Balaban J connectivity index is 1.04. The lowest BCUT2D eigenvalue weighted by molar-refractivity contribution is -0.336. The molecular formula is C64H81F3IN3O21S3. The van der Waals surface area contributed by atoms with Crippen LogP contribution in [0.1, 0.15) is 87.9 Å². The topological polar surface area (TPSA) is 308 Å². The normalized spacial score (nSPS) is 33.5. The molecule has 0 radical (unpaired) electrons. The van der Waals surface area contributed by atoms with E-state index in [-0.39, 0.29) is 70.9 Å². The van der Waals surface area contributed by atoms with Crippen LogP contribution in [0.25, 0.3) is 0 Å². The molecule has 0 unspecified atom stereocenters. The highest BCUT2D eigenvalue weighted by Gasteiger charge is 2.52. The lowest BCUT2D eigenvalue weighted by Gasteiger charge is -2.46. The fraction of sp³-hybridized carbons (Fsp3) is 0.609. The summed E-state index contributed by atoms with van der Waals surface area (Å²) in [6, 6.07) is 3.46. The molecule has 24 nitrogen and oxygen atoms in total. The van der Waals surface area contributed by atoms with Gasteiger partial charge in [-0.15, -0.1) is 0 Å². The third-order valence-electron chi connectivity index (χ3n) is 16.8. The first-order chi connectivity index (χ1) is 45.0. The number of Topliss-reactive ketones (excluding diaryl/α,β-unsaturated/α-hetero) is 1. The maximum Gasteiger partial charge on any atom is 0.416 e. The number of carbonyl (C=O) groups excluding carboxylic acids is 3. The van der Waals surface area contributed by atoms with Crippen molar-refractivity contribution in [2.24, 2.45) is 0 Å². The number of aliphatic hydroxyl groups is 5. The van der Waals surface area contributed by atoms with Crippen LogP contribution in [0, 0.1) is 34.2 Å². The summed E-state index contributed by atoms with van der Waals surface area (Å²) in [7, 11) is 9.29. The van der Waals surface area contributed by atoms with E-state index in [2.05, 4.69) is 39.8 Å².